The van der Waals surface area contributed by atoms with E-state index < -0.39 is 0 Å². The zero-order valence-electron chi connectivity index (χ0n) is 10.9. The van der Waals surface area contributed by atoms with E-state index in [0.29, 0.717) is 19.4 Å². The maximum atomic E-state index is 11.5. The normalized spacial score (nSPS) is 9.67. The number of hydrogen-bond donors (Lipinski definition) is 1. The molecule has 0 aliphatic carbocycles. The Morgan fingerprint density at radius 1 is 1.33 bits per heavy atom. The minimum Gasteiger partial charge on any atom is -0.496 e. The Hall–Kier alpha value is -1.97. The zero-order valence-corrected chi connectivity index (χ0v) is 10.9. The van der Waals surface area contributed by atoms with E-state index in [1.54, 1.807) is 20.3 Å². The minimum absolute atomic E-state index is 0.0112. The van der Waals surface area contributed by atoms with Gasteiger partial charge in [-0.25, -0.2) is 0 Å². The number of carbonyl (C=O) groups excluding carboxylic acids is 1. The number of ether oxygens (including phenoxy) is 2. The van der Waals surface area contributed by atoms with Crippen LogP contribution in [0.5, 0.6) is 11.5 Å². The van der Waals surface area contributed by atoms with Gasteiger partial charge in [-0.1, -0.05) is 12.1 Å². The van der Waals surface area contributed by atoms with Gasteiger partial charge in [0.25, 0.3) is 0 Å². The lowest BCUT2D eigenvalue weighted by Crippen LogP contribution is -2.23. The van der Waals surface area contributed by atoms with Crippen molar-refractivity contribution in [2.24, 2.45) is 0 Å². The Balaban J connectivity index is 2.70. The van der Waals surface area contributed by atoms with E-state index in [4.69, 9.17) is 9.47 Å². The van der Waals surface area contributed by atoms with Crippen molar-refractivity contribution in [3.8, 4) is 11.5 Å². The summed E-state index contributed by atoms with van der Waals surface area (Å²) in [6, 6.07) is 5.58. The monoisotopic (exact) mass is 249 g/mol. The van der Waals surface area contributed by atoms with Gasteiger partial charge in [-0.05, 0) is 18.6 Å². The van der Waals surface area contributed by atoms with Crippen LogP contribution in [-0.2, 0) is 11.2 Å². The molecule has 98 valence electrons. The Labute approximate surface area is 108 Å². The highest BCUT2D eigenvalue weighted by atomic mass is 16.5. The van der Waals surface area contributed by atoms with Crippen molar-refractivity contribution in [1.82, 2.24) is 5.32 Å². The van der Waals surface area contributed by atoms with Gasteiger partial charge >= 0.3 is 0 Å². The summed E-state index contributed by atoms with van der Waals surface area (Å²) in [4.78, 5) is 11.5. The van der Waals surface area contributed by atoms with E-state index >= 15 is 0 Å². The first-order valence-electron chi connectivity index (χ1n) is 5.80. The summed E-state index contributed by atoms with van der Waals surface area (Å²) in [6.45, 7) is 4.04. The Bertz CT molecular complexity index is 393. The van der Waals surface area contributed by atoms with Gasteiger partial charge in [0.05, 0.1) is 14.2 Å². The molecule has 0 aliphatic rings. The van der Waals surface area contributed by atoms with Crippen LogP contribution in [0.1, 0.15) is 12.0 Å². The molecular weight excluding hydrogens is 230 g/mol. The molecule has 0 spiro atoms. The number of carbonyl (C=O) groups is 1. The zero-order chi connectivity index (χ0) is 13.4. The molecule has 0 fully saturated rings. The highest BCUT2D eigenvalue weighted by Gasteiger charge is 2.11. The fraction of sp³-hybridized carbons (Fsp3) is 0.357. The SMILES string of the molecule is C=CCNC(=O)CCc1c(OC)cccc1OC. The van der Waals surface area contributed by atoms with E-state index in [1.165, 1.54) is 0 Å². The van der Waals surface area contributed by atoms with Gasteiger partial charge in [0.2, 0.25) is 5.91 Å². The van der Waals surface area contributed by atoms with Crippen molar-refractivity contribution in [1.29, 1.82) is 0 Å². The predicted octanol–water partition coefficient (Wildman–Crippen LogP) is 1.94. The summed E-state index contributed by atoms with van der Waals surface area (Å²) in [5.41, 5.74) is 0.913. The number of methoxy groups -OCH3 is 2. The lowest BCUT2D eigenvalue weighted by molar-refractivity contribution is -0.120. The van der Waals surface area contributed by atoms with E-state index in [1.807, 2.05) is 18.2 Å². The van der Waals surface area contributed by atoms with Crippen LogP contribution < -0.4 is 14.8 Å². The summed E-state index contributed by atoms with van der Waals surface area (Å²) < 4.78 is 10.5. The predicted molar refractivity (Wildman–Crippen MR) is 71.1 cm³/mol. The third-order valence-corrected chi connectivity index (χ3v) is 2.58. The summed E-state index contributed by atoms with van der Waals surface area (Å²) in [5, 5.41) is 2.74. The molecule has 1 aromatic carbocycles. The largest absolute Gasteiger partial charge is 0.496 e. The molecule has 0 radical (unpaired) electrons. The van der Waals surface area contributed by atoms with Gasteiger partial charge < -0.3 is 14.8 Å². The van der Waals surface area contributed by atoms with E-state index in [2.05, 4.69) is 11.9 Å². The number of benzene rings is 1. The molecule has 18 heavy (non-hydrogen) atoms. The summed E-state index contributed by atoms with van der Waals surface area (Å²) >= 11 is 0. The number of amides is 1. The van der Waals surface area contributed by atoms with E-state index in [-0.39, 0.29) is 5.91 Å². The highest BCUT2D eigenvalue weighted by molar-refractivity contribution is 5.76. The molecule has 0 saturated heterocycles. The van der Waals surface area contributed by atoms with E-state index in [9.17, 15) is 4.79 Å². The highest BCUT2D eigenvalue weighted by Crippen LogP contribution is 2.29. The molecule has 1 amide bonds. The van der Waals surface area contributed by atoms with Crippen LogP contribution in [0.4, 0.5) is 0 Å². The maximum Gasteiger partial charge on any atom is 0.220 e. The second-order valence-corrected chi connectivity index (χ2v) is 3.73. The van der Waals surface area contributed by atoms with Crippen molar-refractivity contribution in [2.75, 3.05) is 20.8 Å². The fourth-order valence-corrected chi connectivity index (χ4v) is 1.69. The molecule has 0 aromatic heterocycles. The third kappa shape index (κ3) is 3.80. The Kier molecular flexibility index (Phi) is 5.77. The molecule has 4 heteroatoms. The average Bonchev–Trinajstić information content (AvgIpc) is 2.42. The fourth-order valence-electron chi connectivity index (χ4n) is 1.69. The molecule has 1 aromatic rings. The van der Waals surface area contributed by atoms with Gasteiger partial charge in [0.1, 0.15) is 11.5 Å². The number of nitrogens with one attached hydrogen (secondary N) is 1. The smallest absolute Gasteiger partial charge is 0.220 e. The molecule has 1 N–H and O–H groups in total. The Morgan fingerprint density at radius 2 is 1.94 bits per heavy atom. The van der Waals surface area contributed by atoms with Crippen LogP contribution in [0, 0.1) is 0 Å². The van der Waals surface area contributed by atoms with Crippen LogP contribution >= 0.6 is 0 Å². The number of rotatable bonds is 7. The third-order valence-electron chi connectivity index (χ3n) is 2.58. The first kappa shape index (κ1) is 14.1. The van der Waals surface area contributed by atoms with Gasteiger partial charge in [0, 0.05) is 18.5 Å². The quantitative estimate of drug-likeness (QED) is 0.751. The van der Waals surface area contributed by atoms with Gasteiger partial charge in [0.15, 0.2) is 0 Å². The maximum absolute atomic E-state index is 11.5. The first-order chi connectivity index (χ1) is 8.72. The number of hydrogen-bond acceptors (Lipinski definition) is 3. The molecule has 0 saturated carbocycles. The second-order valence-electron chi connectivity index (χ2n) is 3.73. The van der Waals surface area contributed by atoms with Crippen LogP contribution in [0.3, 0.4) is 0 Å². The first-order valence-corrected chi connectivity index (χ1v) is 5.80. The summed E-state index contributed by atoms with van der Waals surface area (Å²) in [7, 11) is 3.21. The van der Waals surface area contributed by atoms with Crippen molar-refractivity contribution in [2.45, 2.75) is 12.8 Å². The molecule has 0 aliphatic heterocycles. The van der Waals surface area contributed by atoms with Crippen LogP contribution in [-0.4, -0.2) is 26.7 Å². The van der Waals surface area contributed by atoms with Crippen LogP contribution in [0.2, 0.25) is 0 Å². The molecular formula is C14H19NO3. The molecule has 0 bridgehead atoms. The van der Waals surface area contributed by atoms with Crippen molar-refractivity contribution >= 4 is 5.91 Å². The molecule has 0 heterocycles. The van der Waals surface area contributed by atoms with E-state index in [0.717, 1.165) is 17.1 Å². The standard InChI is InChI=1S/C14H19NO3/c1-4-10-15-14(16)9-8-11-12(17-2)6-5-7-13(11)18-3/h4-7H,1,8-10H2,2-3H3,(H,15,16). The molecule has 4 nitrogen and oxygen atoms in total. The van der Waals surface area contributed by atoms with Crippen molar-refractivity contribution in [3.63, 3.8) is 0 Å². The summed E-state index contributed by atoms with van der Waals surface area (Å²) in [5.74, 6) is 1.47. The molecule has 1 rings (SSSR count). The van der Waals surface area contributed by atoms with Crippen LogP contribution in [0.25, 0.3) is 0 Å². The van der Waals surface area contributed by atoms with Gasteiger partial charge in [-0.15, -0.1) is 6.58 Å². The average molecular weight is 249 g/mol. The lowest BCUT2D eigenvalue weighted by atomic mass is 10.1. The van der Waals surface area contributed by atoms with Crippen molar-refractivity contribution < 1.29 is 14.3 Å². The van der Waals surface area contributed by atoms with Crippen molar-refractivity contribution in [3.05, 3.63) is 36.4 Å². The van der Waals surface area contributed by atoms with Gasteiger partial charge in [-0.3, -0.25) is 4.79 Å². The lowest BCUT2D eigenvalue weighted by Gasteiger charge is -2.12. The van der Waals surface area contributed by atoms with Crippen LogP contribution in [0.15, 0.2) is 30.9 Å². The molecule has 0 unspecified atom stereocenters. The second kappa shape index (κ2) is 7.37. The van der Waals surface area contributed by atoms with Gasteiger partial charge in [-0.2, -0.15) is 0 Å². The molecule has 0 atom stereocenters. The minimum atomic E-state index is -0.0112. The Morgan fingerprint density at radius 3 is 2.44 bits per heavy atom. The summed E-state index contributed by atoms with van der Waals surface area (Å²) in [6.07, 6.45) is 2.63. The topological polar surface area (TPSA) is 47.6 Å².